The van der Waals surface area contributed by atoms with Crippen molar-refractivity contribution in [3.05, 3.63) is 23.4 Å². The van der Waals surface area contributed by atoms with Crippen molar-refractivity contribution in [1.29, 1.82) is 0 Å². The Morgan fingerprint density at radius 3 is 2.73 bits per heavy atom. The molecule has 0 aromatic carbocycles. The van der Waals surface area contributed by atoms with Crippen molar-refractivity contribution in [3.8, 4) is 0 Å². The number of hydrogen-bond acceptors (Lipinski definition) is 4. The van der Waals surface area contributed by atoms with Crippen molar-refractivity contribution in [2.75, 3.05) is 5.73 Å². The van der Waals surface area contributed by atoms with Gasteiger partial charge in [-0.15, -0.1) is 0 Å². The number of carboxylic acid groups (broad SMARTS) is 1. The molecule has 4 N–H and O–H groups in total. The largest absolute Gasteiger partial charge is 0.479 e. The Hall–Kier alpha value is -1.62. The molecule has 0 bridgehead atoms. The number of carbonyl (C=O) groups is 1. The number of pyridine rings is 1. The number of rotatable bonds is 3. The molecule has 0 aliphatic rings. The Bertz CT molecular complexity index is 388. The first-order valence-corrected chi connectivity index (χ1v) is 4.49. The first-order valence-electron chi connectivity index (χ1n) is 4.49. The van der Waals surface area contributed by atoms with E-state index in [1.807, 2.05) is 0 Å². The van der Waals surface area contributed by atoms with Crippen molar-refractivity contribution in [2.45, 2.75) is 25.9 Å². The first kappa shape index (κ1) is 11.5. The number of aliphatic hydroxyl groups is 1. The van der Waals surface area contributed by atoms with Crippen LogP contribution in [0.1, 0.15) is 18.1 Å². The molecule has 1 aromatic heterocycles. The Morgan fingerprint density at radius 1 is 1.67 bits per heavy atom. The zero-order chi connectivity index (χ0) is 11.6. The number of anilines is 1. The Kier molecular flexibility index (Phi) is 2.95. The molecule has 5 heteroatoms. The highest BCUT2D eigenvalue weighted by Crippen LogP contribution is 2.16. The minimum absolute atomic E-state index is 0.0104. The minimum atomic E-state index is -1.77. The molecule has 1 aromatic rings. The summed E-state index contributed by atoms with van der Waals surface area (Å²) in [4.78, 5) is 14.6. The van der Waals surface area contributed by atoms with E-state index < -0.39 is 11.6 Å². The lowest BCUT2D eigenvalue weighted by atomic mass is 9.97. The van der Waals surface area contributed by atoms with Crippen LogP contribution >= 0.6 is 0 Å². The van der Waals surface area contributed by atoms with Gasteiger partial charge >= 0.3 is 5.97 Å². The van der Waals surface area contributed by atoms with E-state index in [1.54, 1.807) is 13.0 Å². The molecule has 5 nitrogen and oxygen atoms in total. The van der Waals surface area contributed by atoms with Gasteiger partial charge in [-0.3, -0.25) is 0 Å². The van der Waals surface area contributed by atoms with Crippen molar-refractivity contribution in [3.63, 3.8) is 0 Å². The van der Waals surface area contributed by atoms with E-state index in [1.165, 1.54) is 13.1 Å². The number of aliphatic carboxylic acids is 1. The van der Waals surface area contributed by atoms with Crippen LogP contribution in [0.2, 0.25) is 0 Å². The Balaban J connectivity index is 2.91. The monoisotopic (exact) mass is 210 g/mol. The van der Waals surface area contributed by atoms with Gasteiger partial charge in [-0.25, -0.2) is 9.78 Å². The molecule has 0 fully saturated rings. The van der Waals surface area contributed by atoms with Crippen LogP contribution in [0.3, 0.4) is 0 Å². The third-order valence-electron chi connectivity index (χ3n) is 2.18. The number of aryl methyl sites for hydroxylation is 1. The van der Waals surface area contributed by atoms with Gasteiger partial charge in [-0.2, -0.15) is 0 Å². The topological polar surface area (TPSA) is 96.4 Å². The number of carboxylic acids is 1. The molecule has 0 radical (unpaired) electrons. The molecule has 1 heterocycles. The lowest BCUT2D eigenvalue weighted by molar-refractivity contribution is -0.156. The van der Waals surface area contributed by atoms with Crippen LogP contribution in [-0.4, -0.2) is 26.8 Å². The second-order valence-electron chi connectivity index (χ2n) is 3.80. The summed E-state index contributed by atoms with van der Waals surface area (Å²) in [6, 6.07) is 1.72. The second kappa shape index (κ2) is 3.86. The molecule has 0 saturated carbocycles. The fourth-order valence-corrected chi connectivity index (χ4v) is 1.21. The maximum absolute atomic E-state index is 10.7. The van der Waals surface area contributed by atoms with Crippen LogP contribution in [0.15, 0.2) is 12.3 Å². The number of nitrogens with zero attached hydrogens (tertiary/aromatic N) is 1. The van der Waals surface area contributed by atoms with Gasteiger partial charge in [0, 0.05) is 12.6 Å². The minimum Gasteiger partial charge on any atom is -0.479 e. The Labute approximate surface area is 87.6 Å². The van der Waals surface area contributed by atoms with Crippen LogP contribution in [0.5, 0.6) is 0 Å². The van der Waals surface area contributed by atoms with Crippen molar-refractivity contribution >= 4 is 11.8 Å². The van der Waals surface area contributed by atoms with E-state index in [-0.39, 0.29) is 6.42 Å². The molecule has 82 valence electrons. The molecular formula is C10H14N2O3. The van der Waals surface area contributed by atoms with E-state index in [9.17, 15) is 9.90 Å². The number of nitrogen functional groups attached to an aromatic ring is 1. The summed E-state index contributed by atoms with van der Waals surface area (Å²) in [6.45, 7) is 3.03. The lowest BCUT2D eigenvalue weighted by Gasteiger charge is -2.17. The quantitative estimate of drug-likeness (QED) is 0.669. The van der Waals surface area contributed by atoms with Crippen LogP contribution in [-0.2, 0) is 11.2 Å². The van der Waals surface area contributed by atoms with Crippen LogP contribution in [0, 0.1) is 6.92 Å². The molecule has 1 rings (SSSR count). The highest BCUT2D eigenvalue weighted by Gasteiger charge is 2.30. The van der Waals surface area contributed by atoms with Gasteiger partial charge in [0.15, 0.2) is 5.60 Å². The van der Waals surface area contributed by atoms with Crippen molar-refractivity contribution in [2.24, 2.45) is 0 Å². The molecule has 0 saturated heterocycles. The Morgan fingerprint density at radius 2 is 2.27 bits per heavy atom. The number of aromatic nitrogens is 1. The smallest absolute Gasteiger partial charge is 0.335 e. The summed E-state index contributed by atoms with van der Waals surface area (Å²) in [6.07, 6.45) is 1.48. The summed E-state index contributed by atoms with van der Waals surface area (Å²) < 4.78 is 0. The van der Waals surface area contributed by atoms with E-state index in [4.69, 9.17) is 10.8 Å². The maximum atomic E-state index is 10.7. The second-order valence-corrected chi connectivity index (χ2v) is 3.80. The summed E-state index contributed by atoms with van der Waals surface area (Å²) in [7, 11) is 0. The molecule has 0 aliphatic heterocycles. The molecular weight excluding hydrogens is 196 g/mol. The first-order chi connectivity index (χ1) is 6.83. The predicted molar refractivity (Wildman–Crippen MR) is 55.4 cm³/mol. The van der Waals surface area contributed by atoms with Crippen molar-refractivity contribution in [1.82, 2.24) is 4.98 Å². The third-order valence-corrected chi connectivity index (χ3v) is 2.18. The standard InChI is InChI=1S/C10H14N2O3/c1-6-3-7(5-12-8(6)11)4-10(2,15)9(13)14/h3,5,15H,4H2,1-2H3,(H2,11,12)(H,13,14)/t10-/m1/s1. The van der Waals surface area contributed by atoms with E-state index >= 15 is 0 Å². The van der Waals surface area contributed by atoms with Gasteiger partial charge in [-0.05, 0) is 25.0 Å². The third kappa shape index (κ3) is 2.66. The van der Waals surface area contributed by atoms with Crippen LogP contribution in [0.4, 0.5) is 5.82 Å². The molecule has 1 atom stereocenters. The number of hydrogen-bond donors (Lipinski definition) is 3. The SMILES string of the molecule is Cc1cc(C[C@@](C)(O)C(=O)O)cnc1N. The molecule has 0 unspecified atom stereocenters. The zero-order valence-electron chi connectivity index (χ0n) is 8.69. The lowest BCUT2D eigenvalue weighted by Crippen LogP contribution is -2.37. The fraction of sp³-hybridized carbons (Fsp3) is 0.400. The summed E-state index contributed by atoms with van der Waals surface area (Å²) >= 11 is 0. The number of nitrogens with two attached hydrogens (primary N) is 1. The van der Waals surface area contributed by atoms with Gasteiger partial charge in [0.25, 0.3) is 0 Å². The van der Waals surface area contributed by atoms with Gasteiger partial charge in [-0.1, -0.05) is 6.07 Å². The average Bonchev–Trinajstić information content (AvgIpc) is 2.10. The highest BCUT2D eigenvalue weighted by molar-refractivity contribution is 5.76. The highest BCUT2D eigenvalue weighted by atomic mass is 16.4. The molecule has 0 aliphatic carbocycles. The summed E-state index contributed by atoms with van der Waals surface area (Å²) in [5.41, 5.74) is 5.17. The van der Waals surface area contributed by atoms with Gasteiger partial charge in [0.2, 0.25) is 0 Å². The van der Waals surface area contributed by atoms with E-state index in [0.29, 0.717) is 11.4 Å². The summed E-state index contributed by atoms with van der Waals surface area (Å²) in [5.74, 6) is -0.842. The van der Waals surface area contributed by atoms with E-state index in [0.717, 1.165) is 5.56 Å². The van der Waals surface area contributed by atoms with Crippen LogP contribution in [0.25, 0.3) is 0 Å². The molecule has 15 heavy (non-hydrogen) atoms. The van der Waals surface area contributed by atoms with Gasteiger partial charge in [0.1, 0.15) is 5.82 Å². The fourth-order valence-electron chi connectivity index (χ4n) is 1.21. The van der Waals surface area contributed by atoms with E-state index in [2.05, 4.69) is 4.98 Å². The van der Waals surface area contributed by atoms with Crippen molar-refractivity contribution < 1.29 is 15.0 Å². The molecule has 0 spiro atoms. The maximum Gasteiger partial charge on any atom is 0.335 e. The zero-order valence-corrected chi connectivity index (χ0v) is 8.69. The predicted octanol–water partition coefficient (Wildman–Crippen LogP) is 0.350. The van der Waals surface area contributed by atoms with Gasteiger partial charge in [0.05, 0.1) is 0 Å². The molecule has 0 amide bonds. The van der Waals surface area contributed by atoms with Gasteiger partial charge < -0.3 is 15.9 Å². The summed E-state index contributed by atoms with van der Waals surface area (Å²) in [5, 5.41) is 18.3. The average molecular weight is 210 g/mol. The van der Waals surface area contributed by atoms with Crippen LogP contribution < -0.4 is 5.73 Å². The normalized spacial score (nSPS) is 14.6.